The van der Waals surface area contributed by atoms with Gasteiger partial charge in [0.1, 0.15) is 0 Å². The fourth-order valence-electron chi connectivity index (χ4n) is 3.49. The molecule has 2 heteroatoms. The molecule has 1 rings (SSSR count). The van der Waals surface area contributed by atoms with E-state index in [0.29, 0.717) is 11.4 Å². The molecule has 2 unspecified atom stereocenters. The minimum Gasteiger partial charge on any atom is -0.378 e. The Morgan fingerprint density at radius 1 is 1.00 bits per heavy atom. The van der Waals surface area contributed by atoms with Crippen molar-refractivity contribution in [3.05, 3.63) is 12.7 Å². The lowest BCUT2D eigenvalue weighted by molar-refractivity contribution is 0.102. The maximum Gasteiger partial charge on any atom is 0.0576 e. The first kappa shape index (κ1) is 22.1. The third-order valence-corrected chi connectivity index (χ3v) is 6.51. The number of unbranched alkanes of at least 4 members (excludes halogenated alkanes) is 9. The summed E-state index contributed by atoms with van der Waals surface area (Å²) in [6.07, 6.45) is 23.4. The van der Waals surface area contributed by atoms with Crippen LogP contribution in [0.1, 0.15) is 103 Å². The summed E-state index contributed by atoms with van der Waals surface area (Å²) in [6.45, 7) is 7.26. The summed E-state index contributed by atoms with van der Waals surface area (Å²) >= 11 is 2.12. The molecule has 0 N–H and O–H groups in total. The monoisotopic (exact) mass is 354 g/mol. The van der Waals surface area contributed by atoms with Gasteiger partial charge in [0.25, 0.3) is 0 Å². The second kappa shape index (κ2) is 16.5. The normalized spacial score (nSPS) is 18.8. The number of hydrogen-bond acceptors (Lipinski definition) is 2. The van der Waals surface area contributed by atoms with Crippen molar-refractivity contribution >= 4 is 11.8 Å². The van der Waals surface area contributed by atoms with Gasteiger partial charge < -0.3 is 4.74 Å². The minimum absolute atomic E-state index is 0.602. The molecular formula is C22H42OS. The summed E-state index contributed by atoms with van der Waals surface area (Å²) in [5, 5.41) is 0.694. The quantitative estimate of drug-likeness (QED) is 0.197. The average Bonchev–Trinajstić information content (AvgIpc) is 3.12. The lowest BCUT2D eigenvalue weighted by Gasteiger charge is -2.11. The minimum atomic E-state index is 0.602. The predicted octanol–water partition coefficient (Wildman–Crippen LogP) is 7.54. The number of rotatable bonds is 17. The Morgan fingerprint density at radius 2 is 1.67 bits per heavy atom. The molecule has 1 heterocycles. The number of hydrogen-bond donors (Lipinski definition) is 0. The number of ether oxygens (including phenoxy) is 1. The highest BCUT2D eigenvalue weighted by Crippen LogP contribution is 2.21. The lowest BCUT2D eigenvalue weighted by atomic mass is 10.0. The smallest absolute Gasteiger partial charge is 0.0576 e. The molecule has 0 bridgehead atoms. The predicted molar refractivity (Wildman–Crippen MR) is 111 cm³/mol. The molecule has 0 aromatic heterocycles. The maximum atomic E-state index is 5.68. The molecular weight excluding hydrogens is 312 g/mol. The SMILES string of the molecule is C=CC(CCCC)SCCCCCCCCCCCC1CCCO1. The Kier molecular flexibility index (Phi) is 15.2. The van der Waals surface area contributed by atoms with Crippen LogP contribution < -0.4 is 0 Å². The van der Waals surface area contributed by atoms with Gasteiger partial charge in [-0.05, 0) is 37.9 Å². The molecule has 1 nitrogen and oxygen atoms in total. The van der Waals surface area contributed by atoms with E-state index in [4.69, 9.17) is 4.74 Å². The molecule has 1 aliphatic heterocycles. The van der Waals surface area contributed by atoms with Crippen LogP contribution in [-0.2, 0) is 4.74 Å². The molecule has 24 heavy (non-hydrogen) atoms. The second-order valence-electron chi connectivity index (χ2n) is 7.39. The maximum absolute atomic E-state index is 5.68. The first-order chi connectivity index (χ1) is 11.9. The van der Waals surface area contributed by atoms with E-state index in [-0.39, 0.29) is 0 Å². The first-order valence-electron chi connectivity index (χ1n) is 10.7. The molecule has 1 fully saturated rings. The zero-order valence-electron chi connectivity index (χ0n) is 16.3. The molecule has 1 aliphatic rings. The summed E-state index contributed by atoms with van der Waals surface area (Å²) in [4.78, 5) is 0. The Morgan fingerprint density at radius 3 is 2.25 bits per heavy atom. The Hall–Kier alpha value is 0.0500. The fraction of sp³-hybridized carbons (Fsp3) is 0.909. The van der Waals surface area contributed by atoms with E-state index >= 15 is 0 Å². The van der Waals surface area contributed by atoms with Crippen LogP contribution in [0.25, 0.3) is 0 Å². The van der Waals surface area contributed by atoms with Crippen LogP contribution in [-0.4, -0.2) is 23.7 Å². The van der Waals surface area contributed by atoms with E-state index in [9.17, 15) is 0 Å². The van der Waals surface area contributed by atoms with Crippen LogP contribution in [0.4, 0.5) is 0 Å². The zero-order valence-corrected chi connectivity index (χ0v) is 17.1. The van der Waals surface area contributed by atoms with Crippen molar-refractivity contribution in [2.24, 2.45) is 0 Å². The zero-order chi connectivity index (χ0) is 17.3. The van der Waals surface area contributed by atoms with Crippen LogP contribution in [0.5, 0.6) is 0 Å². The molecule has 0 radical (unpaired) electrons. The van der Waals surface area contributed by atoms with Gasteiger partial charge in [-0.2, -0.15) is 11.8 Å². The third-order valence-electron chi connectivity index (χ3n) is 5.13. The van der Waals surface area contributed by atoms with Crippen LogP contribution in [0, 0.1) is 0 Å². The van der Waals surface area contributed by atoms with Crippen LogP contribution in [0.15, 0.2) is 12.7 Å². The van der Waals surface area contributed by atoms with Gasteiger partial charge in [-0.3, -0.25) is 0 Å². The van der Waals surface area contributed by atoms with Gasteiger partial charge in [-0.25, -0.2) is 0 Å². The van der Waals surface area contributed by atoms with Crippen molar-refractivity contribution in [3.8, 4) is 0 Å². The van der Waals surface area contributed by atoms with Gasteiger partial charge in [0, 0.05) is 11.9 Å². The Labute approximate surface area is 156 Å². The molecule has 0 amide bonds. The van der Waals surface area contributed by atoms with Gasteiger partial charge >= 0.3 is 0 Å². The standard InChI is InChI=1S/C22H42OS/c1-3-5-18-22(4-2)24-20-14-12-10-8-6-7-9-11-13-16-21-17-15-19-23-21/h4,21-22H,2-3,5-20H2,1H3. The summed E-state index contributed by atoms with van der Waals surface area (Å²) in [5.74, 6) is 1.32. The van der Waals surface area contributed by atoms with Crippen LogP contribution in [0.2, 0.25) is 0 Å². The van der Waals surface area contributed by atoms with Crippen molar-refractivity contribution in [3.63, 3.8) is 0 Å². The average molecular weight is 355 g/mol. The summed E-state index contributed by atoms with van der Waals surface area (Å²) in [7, 11) is 0. The van der Waals surface area contributed by atoms with Crippen molar-refractivity contribution < 1.29 is 4.74 Å². The fourth-order valence-corrected chi connectivity index (χ4v) is 4.64. The highest BCUT2D eigenvalue weighted by molar-refractivity contribution is 8.00. The Bertz CT molecular complexity index is 273. The van der Waals surface area contributed by atoms with Gasteiger partial charge in [0.2, 0.25) is 0 Å². The molecule has 2 atom stereocenters. The van der Waals surface area contributed by atoms with Crippen molar-refractivity contribution in [1.29, 1.82) is 0 Å². The first-order valence-corrected chi connectivity index (χ1v) is 11.8. The van der Waals surface area contributed by atoms with Crippen molar-refractivity contribution in [2.45, 2.75) is 115 Å². The molecule has 0 aromatic rings. The van der Waals surface area contributed by atoms with Crippen LogP contribution in [0.3, 0.4) is 0 Å². The van der Waals surface area contributed by atoms with Crippen molar-refractivity contribution in [2.75, 3.05) is 12.4 Å². The van der Waals surface area contributed by atoms with Gasteiger partial charge in [-0.1, -0.05) is 77.2 Å². The third kappa shape index (κ3) is 12.4. The van der Waals surface area contributed by atoms with Crippen LogP contribution >= 0.6 is 11.8 Å². The van der Waals surface area contributed by atoms with Crippen molar-refractivity contribution in [1.82, 2.24) is 0 Å². The van der Waals surface area contributed by atoms with E-state index in [1.807, 2.05) is 0 Å². The van der Waals surface area contributed by atoms with E-state index < -0.39 is 0 Å². The van der Waals surface area contributed by atoms with E-state index in [1.165, 1.54) is 102 Å². The highest BCUT2D eigenvalue weighted by Gasteiger charge is 2.14. The van der Waals surface area contributed by atoms with Gasteiger partial charge in [0.05, 0.1) is 6.10 Å². The van der Waals surface area contributed by atoms with E-state index in [0.717, 1.165) is 6.61 Å². The van der Waals surface area contributed by atoms with Gasteiger partial charge in [0.15, 0.2) is 0 Å². The summed E-state index contributed by atoms with van der Waals surface area (Å²) in [5.41, 5.74) is 0. The van der Waals surface area contributed by atoms with Gasteiger partial charge in [-0.15, -0.1) is 6.58 Å². The second-order valence-corrected chi connectivity index (χ2v) is 8.74. The summed E-state index contributed by atoms with van der Waals surface area (Å²) < 4.78 is 5.68. The topological polar surface area (TPSA) is 9.23 Å². The molecule has 142 valence electrons. The molecule has 0 aromatic carbocycles. The molecule has 0 aliphatic carbocycles. The summed E-state index contributed by atoms with van der Waals surface area (Å²) in [6, 6.07) is 0. The Balaban J connectivity index is 1.74. The van der Waals surface area contributed by atoms with E-state index in [1.54, 1.807) is 0 Å². The number of thioether (sulfide) groups is 1. The van der Waals surface area contributed by atoms with E-state index in [2.05, 4.69) is 31.3 Å². The molecule has 0 spiro atoms. The molecule has 1 saturated heterocycles. The lowest BCUT2D eigenvalue weighted by Crippen LogP contribution is -2.03. The molecule has 0 saturated carbocycles. The highest BCUT2D eigenvalue weighted by atomic mass is 32.2. The largest absolute Gasteiger partial charge is 0.378 e.